The smallest absolute Gasteiger partial charge is 0.416 e. The van der Waals surface area contributed by atoms with Gasteiger partial charge >= 0.3 is 12.1 Å². The summed E-state index contributed by atoms with van der Waals surface area (Å²) in [5.74, 6) is -1.38. The molecule has 0 saturated carbocycles. The third-order valence-electron chi connectivity index (χ3n) is 2.85. The van der Waals surface area contributed by atoms with Crippen molar-refractivity contribution in [2.75, 3.05) is 0 Å². The first-order valence-corrected chi connectivity index (χ1v) is 6.78. The number of carboxylic acid groups (broad SMARTS) is 1. The molecule has 6 heteroatoms. The van der Waals surface area contributed by atoms with Gasteiger partial charge in [0.15, 0.2) is 0 Å². The molecule has 0 fully saturated rings. The number of hydrogen-bond acceptors (Lipinski definition) is 2. The molecule has 0 saturated heterocycles. The Morgan fingerprint density at radius 1 is 1.10 bits per heavy atom. The largest absolute Gasteiger partial charge is 0.478 e. The van der Waals surface area contributed by atoms with Crippen LogP contribution in [0, 0.1) is 6.92 Å². The molecule has 2 aromatic rings. The first-order chi connectivity index (χ1) is 9.79. The molecule has 21 heavy (non-hydrogen) atoms. The lowest BCUT2D eigenvalue weighted by Crippen LogP contribution is -2.08. The van der Waals surface area contributed by atoms with Gasteiger partial charge in [0.05, 0.1) is 11.1 Å². The number of aromatic carboxylic acids is 1. The highest BCUT2D eigenvalue weighted by atomic mass is 32.2. The molecule has 1 N–H and O–H groups in total. The SMILES string of the molecule is Cc1ccccc1Sc1ccc(C(F)(F)F)cc1C(=O)O. The molecular formula is C15H11F3O2S. The minimum atomic E-state index is -4.56. The number of hydrogen-bond donors (Lipinski definition) is 1. The van der Waals surface area contributed by atoms with E-state index in [0.29, 0.717) is 6.07 Å². The van der Waals surface area contributed by atoms with Crippen molar-refractivity contribution in [3.05, 3.63) is 59.2 Å². The van der Waals surface area contributed by atoms with Gasteiger partial charge in [-0.1, -0.05) is 30.0 Å². The van der Waals surface area contributed by atoms with Crippen LogP contribution in [0.2, 0.25) is 0 Å². The molecule has 2 nitrogen and oxygen atoms in total. The average Bonchev–Trinajstić information content (AvgIpc) is 2.40. The number of carboxylic acids is 1. The van der Waals surface area contributed by atoms with E-state index < -0.39 is 17.7 Å². The third-order valence-corrected chi connectivity index (χ3v) is 4.10. The second-order valence-corrected chi connectivity index (χ2v) is 5.47. The minimum absolute atomic E-state index is 0.282. The fourth-order valence-electron chi connectivity index (χ4n) is 1.75. The predicted octanol–water partition coefficient (Wildman–Crippen LogP) is 4.86. The van der Waals surface area contributed by atoms with Crippen molar-refractivity contribution < 1.29 is 23.1 Å². The van der Waals surface area contributed by atoms with Crippen LogP contribution in [0.4, 0.5) is 13.2 Å². The zero-order valence-electron chi connectivity index (χ0n) is 10.9. The molecule has 0 amide bonds. The van der Waals surface area contributed by atoms with Crippen LogP contribution in [-0.2, 0) is 6.18 Å². The number of halogens is 3. The number of alkyl halides is 3. The van der Waals surface area contributed by atoms with Gasteiger partial charge in [0.25, 0.3) is 0 Å². The van der Waals surface area contributed by atoms with E-state index in [4.69, 9.17) is 5.11 Å². The highest BCUT2D eigenvalue weighted by Crippen LogP contribution is 2.36. The van der Waals surface area contributed by atoms with Crippen molar-refractivity contribution in [3.8, 4) is 0 Å². The van der Waals surface area contributed by atoms with Gasteiger partial charge in [-0.25, -0.2) is 4.79 Å². The summed E-state index contributed by atoms with van der Waals surface area (Å²) in [6, 6.07) is 10.0. The van der Waals surface area contributed by atoms with Gasteiger partial charge < -0.3 is 5.11 Å². The van der Waals surface area contributed by atoms with Gasteiger partial charge in [-0.05, 0) is 36.8 Å². The third kappa shape index (κ3) is 3.58. The molecule has 0 aliphatic rings. The minimum Gasteiger partial charge on any atom is -0.478 e. The lowest BCUT2D eigenvalue weighted by Gasteiger charge is -2.11. The van der Waals surface area contributed by atoms with Gasteiger partial charge in [-0.2, -0.15) is 13.2 Å². The van der Waals surface area contributed by atoms with Crippen LogP contribution in [0.1, 0.15) is 21.5 Å². The molecule has 2 rings (SSSR count). The lowest BCUT2D eigenvalue weighted by atomic mass is 10.1. The zero-order valence-corrected chi connectivity index (χ0v) is 11.8. The maximum Gasteiger partial charge on any atom is 0.416 e. The van der Waals surface area contributed by atoms with Crippen molar-refractivity contribution in [2.24, 2.45) is 0 Å². The van der Waals surface area contributed by atoms with E-state index in [1.807, 2.05) is 19.1 Å². The van der Waals surface area contributed by atoms with E-state index in [1.165, 1.54) is 6.07 Å². The molecule has 0 aromatic heterocycles. The summed E-state index contributed by atoms with van der Waals surface area (Å²) in [6.07, 6.45) is -4.56. The Morgan fingerprint density at radius 3 is 2.33 bits per heavy atom. The fraction of sp³-hybridized carbons (Fsp3) is 0.133. The van der Waals surface area contributed by atoms with Crippen LogP contribution in [0.15, 0.2) is 52.3 Å². The fourth-order valence-corrected chi connectivity index (χ4v) is 2.76. The molecule has 0 aliphatic carbocycles. The summed E-state index contributed by atoms with van der Waals surface area (Å²) in [5.41, 5.74) is -0.383. The Bertz CT molecular complexity index is 681. The van der Waals surface area contributed by atoms with E-state index in [0.717, 1.165) is 28.3 Å². The van der Waals surface area contributed by atoms with Crippen molar-refractivity contribution in [1.29, 1.82) is 0 Å². The van der Waals surface area contributed by atoms with E-state index >= 15 is 0 Å². The monoisotopic (exact) mass is 312 g/mol. The van der Waals surface area contributed by atoms with Gasteiger partial charge in [0, 0.05) is 9.79 Å². The van der Waals surface area contributed by atoms with E-state index in [9.17, 15) is 18.0 Å². The van der Waals surface area contributed by atoms with Crippen molar-refractivity contribution in [2.45, 2.75) is 22.9 Å². The van der Waals surface area contributed by atoms with Crippen molar-refractivity contribution in [3.63, 3.8) is 0 Å². The summed E-state index contributed by atoms with van der Waals surface area (Å²) in [4.78, 5) is 12.3. The van der Waals surface area contributed by atoms with Gasteiger partial charge in [-0.15, -0.1) is 0 Å². The van der Waals surface area contributed by atoms with E-state index in [1.54, 1.807) is 12.1 Å². The summed E-state index contributed by atoms with van der Waals surface area (Å²) in [7, 11) is 0. The standard InChI is InChI=1S/C15H11F3O2S/c1-9-4-2-3-5-12(9)21-13-7-6-10(15(16,17)18)8-11(13)14(19)20/h2-8H,1H3,(H,19,20). The van der Waals surface area contributed by atoms with Crippen LogP contribution in [-0.4, -0.2) is 11.1 Å². The zero-order chi connectivity index (χ0) is 15.6. The maximum atomic E-state index is 12.7. The number of carbonyl (C=O) groups is 1. The molecule has 110 valence electrons. The molecule has 0 spiro atoms. The summed E-state index contributed by atoms with van der Waals surface area (Å²) in [5, 5.41) is 9.12. The second kappa shape index (κ2) is 5.81. The first kappa shape index (κ1) is 15.4. The topological polar surface area (TPSA) is 37.3 Å². The number of rotatable bonds is 3. The van der Waals surface area contributed by atoms with Crippen LogP contribution in [0.3, 0.4) is 0 Å². The van der Waals surface area contributed by atoms with Crippen molar-refractivity contribution >= 4 is 17.7 Å². The Hall–Kier alpha value is -1.95. The normalized spacial score (nSPS) is 11.4. The highest BCUT2D eigenvalue weighted by molar-refractivity contribution is 7.99. The van der Waals surface area contributed by atoms with Crippen LogP contribution in [0.5, 0.6) is 0 Å². The molecule has 0 radical (unpaired) electrons. The summed E-state index contributed by atoms with van der Waals surface area (Å²) >= 11 is 1.14. The molecule has 0 atom stereocenters. The number of aryl methyl sites for hydroxylation is 1. The quantitative estimate of drug-likeness (QED) is 0.879. The summed E-state index contributed by atoms with van der Waals surface area (Å²) < 4.78 is 38.0. The van der Waals surface area contributed by atoms with Crippen LogP contribution >= 0.6 is 11.8 Å². The molecular weight excluding hydrogens is 301 g/mol. The van der Waals surface area contributed by atoms with E-state index in [2.05, 4.69) is 0 Å². The van der Waals surface area contributed by atoms with Crippen LogP contribution in [0.25, 0.3) is 0 Å². The van der Waals surface area contributed by atoms with Crippen LogP contribution < -0.4 is 0 Å². The van der Waals surface area contributed by atoms with Crippen molar-refractivity contribution in [1.82, 2.24) is 0 Å². The Kier molecular flexibility index (Phi) is 4.27. The van der Waals surface area contributed by atoms with Gasteiger partial charge in [0.1, 0.15) is 0 Å². The first-order valence-electron chi connectivity index (χ1n) is 5.97. The van der Waals surface area contributed by atoms with Gasteiger partial charge in [0.2, 0.25) is 0 Å². The molecule has 0 aliphatic heterocycles. The molecule has 2 aromatic carbocycles. The van der Waals surface area contributed by atoms with E-state index in [-0.39, 0.29) is 10.5 Å². The average molecular weight is 312 g/mol. The Balaban J connectivity index is 2.45. The Labute approximate surface area is 123 Å². The van der Waals surface area contributed by atoms with Gasteiger partial charge in [-0.3, -0.25) is 0 Å². The molecule has 0 unspecified atom stereocenters. The summed E-state index contributed by atoms with van der Waals surface area (Å²) in [6.45, 7) is 1.85. The Morgan fingerprint density at radius 2 is 1.76 bits per heavy atom. The molecule has 0 bridgehead atoms. The highest BCUT2D eigenvalue weighted by Gasteiger charge is 2.31. The maximum absolute atomic E-state index is 12.7. The predicted molar refractivity (Wildman–Crippen MR) is 73.7 cm³/mol. The lowest BCUT2D eigenvalue weighted by molar-refractivity contribution is -0.137. The second-order valence-electron chi connectivity index (χ2n) is 4.38. The molecule has 0 heterocycles. The number of benzene rings is 2.